The summed E-state index contributed by atoms with van der Waals surface area (Å²) in [6.07, 6.45) is 3.65. The minimum absolute atomic E-state index is 0.387. The van der Waals surface area contributed by atoms with E-state index in [1.165, 1.54) is 19.3 Å². The molecule has 1 heterocycles. The largest absolute Gasteiger partial charge is 0.367 e. The zero-order valence-corrected chi connectivity index (χ0v) is 12.5. The lowest BCUT2D eigenvalue weighted by Crippen LogP contribution is -2.40. The maximum Gasteiger partial charge on any atom is 0.131 e. The summed E-state index contributed by atoms with van der Waals surface area (Å²) < 4.78 is 0. The van der Waals surface area contributed by atoms with Crippen LogP contribution >= 0.6 is 11.6 Å². The average molecular weight is 267 g/mol. The second-order valence-electron chi connectivity index (χ2n) is 7.10. The second kappa shape index (κ2) is 4.73. The summed E-state index contributed by atoms with van der Waals surface area (Å²) >= 11 is 5.92. The molecule has 0 bridgehead atoms. The fourth-order valence-electron chi connectivity index (χ4n) is 3.65. The van der Waals surface area contributed by atoms with Crippen molar-refractivity contribution in [3.05, 3.63) is 23.4 Å². The SMILES string of the molecule is CC1(C)CC(Nc2cccc(Cl)n2)CC(C)(C)C1. The van der Waals surface area contributed by atoms with E-state index in [4.69, 9.17) is 11.6 Å². The van der Waals surface area contributed by atoms with E-state index in [-0.39, 0.29) is 0 Å². The molecule has 0 atom stereocenters. The zero-order valence-electron chi connectivity index (χ0n) is 11.8. The normalized spacial score (nSPS) is 22.7. The van der Waals surface area contributed by atoms with E-state index >= 15 is 0 Å². The standard InChI is InChI=1S/C15H23ClN2/c1-14(2)8-11(9-15(3,4)10-14)17-13-7-5-6-12(16)18-13/h5-7,11H,8-10H2,1-4H3,(H,17,18). The molecule has 2 rings (SSSR count). The van der Waals surface area contributed by atoms with Gasteiger partial charge in [-0.2, -0.15) is 0 Å². The van der Waals surface area contributed by atoms with E-state index in [2.05, 4.69) is 38.0 Å². The van der Waals surface area contributed by atoms with Crippen molar-refractivity contribution in [2.24, 2.45) is 10.8 Å². The first-order valence-electron chi connectivity index (χ1n) is 6.65. The number of pyridine rings is 1. The smallest absolute Gasteiger partial charge is 0.131 e. The molecule has 0 radical (unpaired) electrons. The van der Waals surface area contributed by atoms with Crippen molar-refractivity contribution in [2.75, 3.05) is 5.32 Å². The summed E-state index contributed by atoms with van der Waals surface area (Å²) in [4.78, 5) is 4.32. The Bertz CT molecular complexity index is 410. The molecule has 0 unspecified atom stereocenters. The van der Waals surface area contributed by atoms with Crippen molar-refractivity contribution in [3.8, 4) is 0 Å². The molecule has 1 aliphatic carbocycles. The van der Waals surface area contributed by atoms with Crippen LogP contribution in [0.15, 0.2) is 18.2 Å². The summed E-state index contributed by atoms with van der Waals surface area (Å²) in [5, 5.41) is 4.09. The summed E-state index contributed by atoms with van der Waals surface area (Å²) in [6, 6.07) is 6.22. The fourth-order valence-corrected chi connectivity index (χ4v) is 3.81. The number of nitrogens with one attached hydrogen (secondary N) is 1. The van der Waals surface area contributed by atoms with Gasteiger partial charge in [0.05, 0.1) is 0 Å². The van der Waals surface area contributed by atoms with Crippen LogP contribution in [0, 0.1) is 10.8 Å². The van der Waals surface area contributed by atoms with Gasteiger partial charge in [-0.05, 0) is 42.2 Å². The van der Waals surface area contributed by atoms with Crippen LogP contribution < -0.4 is 5.32 Å². The van der Waals surface area contributed by atoms with Gasteiger partial charge in [0.15, 0.2) is 0 Å². The molecular weight excluding hydrogens is 244 g/mol. The predicted molar refractivity (Wildman–Crippen MR) is 78.1 cm³/mol. The van der Waals surface area contributed by atoms with E-state index in [0.29, 0.717) is 22.0 Å². The van der Waals surface area contributed by atoms with E-state index in [0.717, 1.165) is 5.82 Å². The van der Waals surface area contributed by atoms with Crippen LogP contribution in [0.5, 0.6) is 0 Å². The molecule has 100 valence electrons. The minimum atomic E-state index is 0.387. The molecule has 18 heavy (non-hydrogen) atoms. The number of nitrogens with zero attached hydrogens (tertiary/aromatic N) is 1. The highest BCUT2D eigenvalue weighted by atomic mass is 35.5. The maximum atomic E-state index is 5.92. The van der Waals surface area contributed by atoms with Crippen molar-refractivity contribution in [2.45, 2.75) is 53.0 Å². The lowest BCUT2D eigenvalue weighted by molar-refractivity contribution is 0.105. The number of hydrogen-bond donors (Lipinski definition) is 1. The first-order chi connectivity index (χ1) is 8.26. The van der Waals surface area contributed by atoms with Gasteiger partial charge in [0, 0.05) is 6.04 Å². The van der Waals surface area contributed by atoms with Crippen molar-refractivity contribution in [1.82, 2.24) is 4.98 Å². The van der Waals surface area contributed by atoms with Gasteiger partial charge in [-0.1, -0.05) is 45.4 Å². The third-order valence-corrected chi connectivity index (χ3v) is 3.83. The Morgan fingerprint density at radius 2 is 1.78 bits per heavy atom. The number of anilines is 1. The Hall–Kier alpha value is -0.760. The topological polar surface area (TPSA) is 24.9 Å². The Balaban J connectivity index is 2.09. The van der Waals surface area contributed by atoms with Gasteiger partial charge >= 0.3 is 0 Å². The molecule has 0 aliphatic heterocycles. The molecule has 0 aromatic carbocycles. The van der Waals surface area contributed by atoms with Crippen LogP contribution in [0.25, 0.3) is 0 Å². The van der Waals surface area contributed by atoms with Crippen LogP contribution in [0.3, 0.4) is 0 Å². The molecule has 3 heteroatoms. The molecule has 1 saturated carbocycles. The third kappa shape index (κ3) is 3.61. The molecular formula is C15H23ClN2. The fraction of sp³-hybridized carbons (Fsp3) is 0.667. The van der Waals surface area contributed by atoms with Crippen molar-refractivity contribution < 1.29 is 0 Å². The van der Waals surface area contributed by atoms with Crippen molar-refractivity contribution in [1.29, 1.82) is 0 Å². The second-order valence-corrected chi connectivity index (χ2v) is 7.49. The number of halogens is 1. The van der Waals surface area contributed by atoms with Crippen LogP contribution in [-0.4, -0.2) is 11.0 Å². The van der Waals surface area contributed by atoms with Gasteiger partial charge in [-0.3, -0.25) is 0 Å². The molecule has 1 fully saturated rings. The first kappa shape index (κ1) is 13.7. The summed E-state index contributed by atoms with van der Waals surface area (Å²) in [5.74, 6) is 0.890. The van der Waals surface area contributed by atoms with Gasteiger partial charge < -0.3 is 5.32 Å². The van der Waals surface area contributed by atoms with Gasteiger partial charge in [-0.15, -0.1) is 0 Å². The number of rotatable bonds is 2. The van der Waals surface area contributed by atoms with E-state index in [1.807, 2.05) is 18.2 Å². The van der Waals surface area contributed by atoms with Crippen LogP contribution in [0.4, 0.5) is 5.82 Å². The van der Waals surface area contributed by atoms with Crippen molar-refractivity contribution in [3.63, 3.8) is 0 Å². The summed E-state index contributed by atoms with van der Waals surface area (Å²) in [6.45, 7) is 9.42. The molecule has 1 aliphatic rings. The summed E-state index contributed by atoms with van der Waals surface area (Å²) in [7, 11) is 0. The van der Waals surface area contributed by atoms with Gasteiger partial charge in [0.2, 0.25) is 0 Å². The van der Waals surface area contributed by atoms with Gasteiger partial charge in [-0.25, -0.2) is 4.98 Å². The monoisotopic (exact) mass is 266 g/mol. The van der Waals surface area contributed by atoms with Crippen LogP contribution in [0.1, 0.15) is 47.0 Å². The predicted octanol–water partition coefficient (Wildman–Crippen LogP) is 4.75. The van der Waals surface area contributed by atoms with E-state index in [1.54, 1.807) is 0 Å². The molecule has 0 saturated heterocycles. The van der Waals surface area contributed by atoms with Crippen LogP contribution in [-0.2, 0) is 0 Å². The highest BCUT2D eigenvalue weighted by Gasteiger charge is 2.38. The Morgan fingerprint density at radius 1 is 1.17 bits per heavy atom. The average Bonchev–Trinajstić information content (AvgIpc) is 2.11. The van der Waals surface area contributed by atoms with E-state index < -0.39 is 0 Å². The van der Waals surface area contributed by atoms with Gasteiger partial charge in [0.25, 0.3) is 0 Å². The first-order valence-corrected chi connectivity index (χ1v) is 7.03. The minimum Gasteiger partial charge on any atom is -0.367 e. The Kier molecular flexibility index (Phi) is 3.59. The molecule has 0 amide bonds. The maximum absolute atomic E-state index is 5.92. The number of aromatic nitrogens is 1. The zero-order chi connectivity index (χ0) is 13.4. The molecule has 1 aromatic heterocycles. The molecule has 1 N–H and O–H groups in total. The van der Waals surface area contributed by atoms with Crippen molar-refractivity contribution >= 4 is 17.4 Å². The van der Waals surface area contributed by atoms with E-state index in [9.17, 15) is 0 Å². The third-order valence-electron chi connectivity index (χ3n) is 3.62. The lowest BCUT2D eigenvalue weighted by atomic mass is 9.63. The van der Waals surface area contributed by atoms with Crippen LogP contribution in [0.2, 0.25) is 5.15 Å². The Labute approximate surface area is 115 Å². The highest BCUT2D eigenvalue weighted by Crippen LogP contribution is 2.46. The lowest BCUT2D eigenvalue weighted by Gasteiger charge is -2.45. The van der Waals surface area contributed by atoms with Gasteiger partial charge in [0.1, 0.15) is 11.0 Å². The quantitative estimate of drug-likeness (QED) is 0.782. The number of hydrogen-bond acceptors (Lipinski definition) is 2. The molecule has 1 aromatic rings. The molecule has 0 spiro atoms. The highest BCUT2D eigenvalue weighted by molar-refractivity contribution is 6.29. The molecule has 2 nitrogen and oxygen atoms in total. The Morgan fingerprint density at radius 3 is 2.33 bits per heavy atom. The summed E-state index contributed by atoms with van der Waals surface area (Å²) in [5.41, 5.74) is 0.774.